The van der Waals surface area contributed by atoms with Crippen molar-refractivity contribution in [3.63, 3.8) is 0 Å². The van der Waals surface area contributed by atoms with E-state index in [2.05, 4.69) is 22.5 Å². The topological polar surface area (TPSA) is 54.9 Å². The summed E-state index contributed by atoms with van der Waals surface area (Å²) in [6.07, 6.45) is 0.984. The Balaban J connectivity index is 2.12. The molecule has 1 fully saturated rings. The van der Waals surface area contributed by atoms with Crippen LogP contribution in [0.1, 0.15) is 13.3 Å². The molecule has 0 unspecified atom stereocenters. The Morgan fingerprint density at radius 2 is 2.19 bits per heavy atom. The Morgan fingerprint density at radius 3 is 2.69 bits per heavy atom. The molecule has 0 atom stereocenters. The van der Waals surface area contributed by atoms with Gasteiger partial charge in [-0.25, -0.2) is 0 Å². The van der Waals surface area contributed by atoms with Gasteiger partial charge >= 0.3 is 0 Å². The minimum absolute atomic E-state index is 0.268. The lowest BCUT2D eigenvalue weighted by molar-refractivity contribution is -0.0971. The van der Waals surface area contributed by atoms with E-state index in [1.165, 1.54) is 0 Å². The van der Waals surface area contributed by atoms with E-state index in [4.69, 9.17) is 9.47 Å². The minimum atomic E-state index is 0.268. The van der Waals surface area contributed by atoms with Crippen LogP contribution in [0, 0.1) is 5.41 Å². The molecule has 0 aromatic rings. The molecule has 0 bridgehead atoms. The van der Waals surface area contributed by atoms with Crippen molar-refractivity contribution in [3.8, 4) is 0 Å². The lowest BCUT2D eigenvalue weighted by Crippen LogP contribution is -2.51. The molecule has 94 valence electrons. The summed E-state index contributed by atoms with van der Waals surface area (Å²) in [7, 11) is 3.50. The largest absolute Gasteiger partial charge is 0.385 e. The van der Waals surface area contributed by atoms with Gasteiger partial charge in [0.25, 0.3) is 0 Å². The molecule has 2 N–H and O–H groups in total. The molecule has 0 amide bonds. The lowest BCUT2D eigenvalue weighted by atomic mass is 9.89. The summed E-state index contributed by atoms with van der Waals surface area (Å²) in [4.78, 5) is 4.16. The number of rotatable bonds is 6. The highest BCUT2D eigenvalue weighted by Crippen LogP contribution is 2.24. The zero-order valence-electron chi connectivity index (χ0n) is 10.5. The summed E-state index contributed by atoms with van der Waals surface area (Å²) in [5, 5.41) is 6.55. The highest BCUT2D eigenvalue weighted by Gasteiger charge is 2.33. The molecule has 1 aliphatic heterocycles. The fourth-order valence-corrected chi connectivity index (χ4v) is 1.49. The summed E-state index contributed by atoms with van der Waals surface area (Å²) >= 11 is 0. The third-order valence-corrected chi connectivity index (χ3v) is 2.62. The summed E-state index contributed by atoms with van der Waals surface area (Å²) in [5.41, 5.74) is 0.268. The Bertz CT molecular complexity index is 227. The normalized spacial score (nSPS) is 19.1. The van der Waals surface area contributed by atoms with Crippen molar-refractivity contribution in [2.45, 2.75) is 13.3 Å². The van der Waals surface area contributed by atoms with Crippen molar-refractivity contribution >= 4 is 5.96 Å². The van der Waals surface area contributed by atoms with Gasteiger partial charge in [0.05, 0.1) is 13.2 Å². The van der Waals surface area contributed by atoms with Gasteiger partial charge in [-0.3, -0.25) is 4.99 Å². The van der Waals surface area contributed by atoms with Crippen LogP contribution < -0.4 is 10.6 Å². The molecule has 5 heteroatoms. The van der Waals surface area contributed by atoms with Crippen molar-refractivity contribution in [2.75, 3.05) is 47.1 Å². The molecular formula is C11H23N3O2. The molecule has 0 aromatic carbocycles. The monoisotopic (exact) mass is 229 g/mol. The van der Waals surface area contributed by atoms with Crippen LogP contribution in [-0.2, 0) is 9.47 Å². The molecule has 0 radical (unpaired) electrons. The molecule has 0 saturated carbocycles. The van der Waals surface area contributed by atoms with Crippen LogP contribution in [0.5, 0.6) is 0 Å². The first-order chi connectivity index (χ1) is 7.70. The van der Waals surface area contributed by atoms with E-state index >= 15 is 0 Å². The number of nitrogens with one attached hydrogen (secondary N) is 2. The van der Waals surface area contributed by atoms with E-state index in [1.807, 2.05) is 0 Å². The third kappa shape index (κ3) is 4.37. The molecule has 1 rings (SSSR count). The number of aliphatic imine (C=N–C) groups is 1. The summed E-state index contributed by atoms with van der Waals surface area (Å²) in [6.45, 7) is 6.43. The molecule has 16 heavy (non-hydrogen) atoms. The van der Waals surface area contributed by atoms with Crippen LogP contribution in [0.15, 0.2) is 4.99 Å². The smallest absolute Gasteiger partial charge is 0.191 e. The van der Waals surface area contributed by atoms with Crippen molar-refractivity contribution < 1.29 is 9.47 Å². The number of hydrogen-bond acceptors (Lipinski definition) is 3. The highest BCUT2D eigenvalue weighted by atomic mass is 16.5. The molecule has 1 saturated heterocycles. The third-order valence-electron chi connectivity index (χ3n) is 2.62. The molecule has 1 heterocycles. The van der Waals surface area contributed by atoms with E-state index in [0.29, 0.717) is 0 Å². The average Bonchev–Trinajstić information content (AvgIpc) is 2.26. The van der Waals surface area contributed by atoms with Gasteiger partial charge in [-0.05, 0) is 6.42 Å². The SMILES string of the molecule is CN=C(NCCCOC)NCC1(C)COC1. The number of methoxy groups -OCH3 is 1. The van der Waals surface area contributed by atoms with Crippen LogP contribution in [0.4, 0.5) is 0 Å². The van der Waals surface area contributed by atoms with Crippen molar-refractivity contribution in [2.24, 2.45) is 10.4 Å². The predicted molar refractivity (Wildman–Crippen MR) is 64.8 cm³/mol. The van der Waals surface area contributed by atoms with E-state index in [0.717, 1.165) is 45.3 Å². The Labute approximate surface area is 97.6 Å². The van der Waals surface area contributed by atoms with Gasteiger partial charge in [0, 0.05) is 39.3 Å². The summed E-state index contributed by atoms with van der Waals surface area (Å²) in [5.74, 6) is 0.851. The van der Waals surface area contributed by atoms with E-state index in [9.17, 15) is 0 Å². The molecule has 0 aliphatic carbocycles. The maximum atomic E-state index is 5.20. The van der Waals surface area contributed by atoms with Gasteiger partial charge in [0.15, 0.2) is 5.96 Å². The number of ether oxygens (including phenoxy) is 2. The van der Waals surface area contributed by atoms with Crippen LogP contribution in [0.2, 0.25) is 0 Å². The van der Waals surface area contributed by atoms with Crippen molar-refractivity contribution in [1.29, 1.82) is 0 Å². The van der Waals surface area contributed by atoms with E-state index in [-0.39, 0.29) is 5.41 Å². The molecule has 5 nitrogen and oxygen atoms in total. The van der Waals surface area contributed by atoms with Crippen LogP contribution >= 0.6 is 0 Å². The molecule has 0 aromatic heterocycles. The van der Waals surface area contributed by atoms with Crippen LogP contribution in [-0.4, -0.2) is 53.0 Å². The van der Waals surface area contributed by atoms with Gasteiger partial charge in [0.2, 0.25) is 0 Å². The van der Waals surface area contributed by atoms with Gasteiger partial charge in [-0.1, -0.05) is 6.92 Å². The van der Waals surface area contributed by atoms with E-state index in [1.54, 1.807) is 14.2 Å². The Morgan fingerprint density at radius 1 is 1.44 bits per heavy atom. The first kappa shape index (κ1) is 13.3. The van der Waals surface area contributed by atoms with Crippen molar-refractivity contribution in [3.05, 3.63) is 0 Å². The van der Waals surface area contributed by atoms with E-state index < -0.39 is 0 Å². The first-order valence-corrected chi connectivity index (χ1v) is 5.71. The fourth-order valence-electron chi connectivity index (χ4n) is 1.49. The quantitative estimate of drug-likeness (QED) is 0.389. The zero-order chi connectivity index (χ0) is 11.9. The second-order valence-corrected chi connectivity index (χ2v) is 4.50. The fraction of sp³-hybridized carbons (Fsp3) is 0.909. The number of guanidine groups is 1. The Kier molecular flexibility index (Phi) is 5.55. The molecule has 0 spiro atoms. The maximum Gasteiger partial charge on any atom is 0.191 e. The lowest BCUT2D eigenvalue weighted by Gasteiger charge is -2.38. The van der Waals surface area contributed by atoms with Gasteiger partial charge in [-0.2, -0.15) is 0 Å². The summed E-state index contributed by atoms with van der Waals surface area (Å²) in [6, 6.07) is 0. The minimum Gasteiger partial charge on any atom is -0.385 e. The second-order valence-electron chi connectivity index (χ2n) is 4.50. The Hall–Kier alpha value is -0.810. The second kappa shape index (κ2) is 6.70. The number of nitrogens with zero attached hydrogens (tertiary/aromatic N) is 1. The zero-order valence-corrected chi connectivity index (χ0v) is 10.5. The first-order valence-electron chi connectivity index (χ1n) is 5.71. The average molecular weight is 229 g/mol. The van der Waals surface area contributed by atoms with Crippen LogP contribution in [0.3, 0.4) is 0 Å². The molecular weight excluding hydrogens is 206 g/mol. The predicted octanol–water partition coefficient (Wildman–Crippen LogP) is 0.224. The highest BCUT2D eigenvalue weighted by molar-refractivity contribution is 5.79. The van der Waals surface area contributed by atoms with Gasteiger partial charge < -0.3 is 20.1 Å². The van der Waals surface area contributed by atoms with Gasteiger partial charge in [0.1, 0.15) is 0 Å². The van der Waals surface area contributed by atoms with Gasteiger partial charge in [-0.15, -0.1) is 0 Å². The number of hydrogen-bond donors (Lipinski definition) is 2. The maximum absolute atomic E-state index is 5.20. The van der Waals surface area contributed by atoms with Crippen molar-refractivity contribution in [1.82, 2.24) is 10.6 Å². The van der Waals surface area contributed by atoms with Crippen LogP contribution in [0.25, 0.3) is 0 Å². The molecule has 1 aliphatic rings. The summed E-state index contributed by atoms with van der Waals surface area (Å²) < 4.78 is 10.2. The standard InChI is InChI=1S/C11H23N3O2/c1-11(8-16-9-11)7-14-10(12-2)13-5-4-6-15-3/h4-9H2,1-3H3,(H2,12,13,14).